The van der Waals surface area contributed by atoms with Crippen molar-refractivity contribution in [2.75, 3.05) is 13.1 Å². The topological polar surface area (TPSA) is 45.2 Å². The molecule has 1 aromatic carbocycles. The van der Waals surface area contributed by atoms with Gasteiger partial charge in [-0.1, -0.05) is 18.6 Å². The SMILES string of the molecule is Cc1nc(C2CCCN2C(=O)NCC2(c3ccc(F)cc3)CCC2)cs1. The fourth-order valence-electron chi connectivity index (χ4n) is 4.17. The molecule has 2 heterocycles. The molecule has 4 nitrogen and oxygen atoms in total. The molecule has 0 spiro atoms. The number of aromatic nitrogens is 1. The van der Waals surface area contributed by atoms with Crippen LogP contribution in [0.4, 0.5) is 9.18 Å². The molecule has 4 rings (SSSR count). The van der Waals surface area contributed by atoms with Gasteiger partial charge in [0.15, 0.2) is 0 Å². The van der Waals surface area contributed by atoms with Crippen LogP contribution in [0.15, 0.2) is 29.6 Å². The number of nitrogens with zero attached hydrogens (tertiary/aromatic N) is 2. The quantitative estimate of drug-likeness (QED) is 0.854. The molecule has 1 saturated heterocycles. The molecule has 2 amide bonds. The minimum Gasteiger partial charge on any atom is -0.337 e. The lowest BCUT2D eigenvalue weighted by Crippen LogP contribution is -2.49. The largest absolute Gasteiger partial charge is 0.337 e. The average molecular weight is 373 g/mol. The summed E-state index contributed by atoms with van der Waals surface area (Å²) in [5, 5.41) is 6.26. The van der Waals surface area contributed by atoms with Gasteiger partial charge in [-0.2, -0.15) is 0 Å². The fraction of sp³-hybridized carbons (Fsp3) is 0.500. The summed E-state index contributed by atoms with van der Waals surface area (Å²) >= 11 is 1.63. The van der Waals surface area contributed by atoms with Crippen molar-refractivity contribution in [2.24, 2.45) is 0 Å². The Hall–Kier alpha value is -1.95. The van der Waals surface area contributed by atoms with E-state index in [9.17, 15) is 9.18 Å². The van der Waals surface area contributed by atoms with Crippen molar-refractivity contribution in [3.05, 3.63) is 51.7 Å². The van der Waals surface area contributed by atoms with Crippen LogP contribution >= 0.6 is 11.3 Å². The maximum Gasteiger partial charge on any atom is 0.317 e. The van der Waals surface area contributed by atoms with Gasteiger partial charge in [0.1, 0.15) is 5.82 Å². The first-order valence-corrected chi connectivity index (χ1v) is 10.2. The second-order valence-electron chi connectivity index (χ2n) is 7.44. The van der Waals surface area contributed by atoms with E-state index in [1.807, 2.05) is 24.0 Å². The summed E-state index contributed by atoms with van der Waals surface area (Å²) in [5.41, 5.74) is 2.09. The van der Waals surface area contributed by atoms with Crippen molar-refractivity contribution < 1.29 is 9.18 Å². The van der Waals surface area contributed by atoms with Crippen LogP contribution in [0.1, 0.15) is 54.4 Å². The van der Waals surface area contributed by atoms with Crippen LogP contribution in [0, 0.1) is 12.7 Å². The molecule has 1 aliphatic heterocycles. The first-order valence-electron chi connectivity index (χ1n) is 9.30. The van der Waals surface area contributed by atoms with Gasteiger partial charge in [-0.15, -0.1) is 11.3 Å². The number of urea groups is 1. The summed E-state index contributed by atoms with van der Waals surface area (Å²) in [6.07, 6.45) is 5.20. The number of carbonyl (C=O) groups excluding carboxylic acids is 1. The Morgan fingerprint density at radius 2 is 2.12 bits per heavy atom. The first-order chi connectivity index (χ1) is 12.6. The van der Waals surface area contributed by atoms with Crippen LogP contribution in [0.3, 0.4) is 0 Å². The van der Waals surface area contributed by atoms with Crippen molar-refractivity contribution in [1.29, 1.82) is 0 Å². The van der Waals surface area contributed by atoms with Gasteiger partial charge < -0.3 is 10.2 Å². The summed E-state index contributed by atoms with van der Waals surface area (Å²) in [4.78, 5) is 19.3. The summed E-state index contributed by atoms with van der Waals surface area (Å²) < 4.78 is 13.2. The number of carbonyl (C=O) groups is 1. The average Bonchev–Trinajstić information content (AvgIpc) is 3.23. The molecule has 1 aromatic heterocycles. The normalized spacial score (nSPS) is 21.5. The fourth-order valence-corrected chi connectivity index (χ4v) is 4.83. The number of benzene rings is 1. The summed E-state index contributed by atoms with van der Waals surface area (Å²) in [7, 11) is 0. The third-order valence-corrected chi connectivity index (χ3v) is 6.63. The molecular formula is C20H24FN3OS. The number of amides is 2. The third kappa shape index (κ3) is 3.22. The molecule has 1 N–H and O–H groups in total. The number of aryl methyl sites for hydroxylation is 1. The summed E-state index contributed by atoms with van der Waals surface area (Å²) in [6, 6.07) is 6.82. The van der Waals surface area contributed by atoms with E-state index in [0.717, 1.165) is 54.9 Å². The molecule has 26 heavy (non-hydrogen) atoms. The van der Waals surface area contributed by atoms with Gasteiger partial charge in [-0.3, -0.25) is 0 Å². The van der Waals surface area contributed by atoms with Crippen LogP contribution < -0.4 is 5.32 Å². The van der Waals surface area contributed by atoms with Crippen molar-refractivity contribution in [3.63, 3.8) is 0 Å². The Bertz CT molecular complexity index is 785. The highest BCUT2D eigenvalue weighted by atomic mass is 32.1. The summed E-state index contributed by atoms with van der Waals surface area (Å²) in [5.74, 6) is -0.217. The van der Waals surface area contributed by atoms with E-state index in [-0.39, 0.29) is 23.3 Å². The van der Waals surface area contributed by atoms with Crippen LogP contribution in [0.25, 0.3) is 0 Å². The van der Waals surface area contributed by atoms with E-state index in [0.29, 0.717) is 6.54 Å². The van der Waals surface area contributed by atoms with E-state index >= 15 is 0 Å². The first kappa shape index (κ1) is 17.5. The minimum atomic E-state index is -0.217. The molecule has 6 heteroatoms. The lowest BCUT2D eigenvalue weighted by atomic mass is 9.64. The molecule has 2 fully saturated rings. The van der Waals surface area contributed by atoms with Gasteiger partial charge in [0.05, 0.1) is 16.7 Å². The van der Waals surface area contributed by atoms with Crippen molar-refractivity contribution >= 4 is 17.4 Å². The Kier molecular flexibility index (Phi) is 4.69. The number of rotatable bonds is 4. The highest BCUT2D eigenvalue weighted by Gasteiger charge is 2.40. The number of likely N-dealkylation sites (tertiary alicyclic amines) is 1. The Balaban J connectivity index is 1.43. The van der Waals surface area contributed by atoms with Crippen molar-refractivity contribution in [2.45, 2.75) is 50.5 Å². The molecule has 1 unspecified atom stereocenters. The number of nitrogens with one attached hydrogen (secondary N) is 1. The predicted molar refractivity (Wildman–Crippen MR) is 101 cm³/mol. The van der Waals surface area contributed by atoms with Gasteiger partial charge in [-0.05, 0) is 50.3 Å². The zero-order valence-electron chi connectivity index (χ0n) is 15.0. The molecule has 138 valence electrons. The highest BCUT2D eigenvalue weighted by Crippen LogP contribution is 2.43. The van der Waals surface area contributed by atoms with Crippen LogP contribution in [-0.2, 0) is 5.41 Å². The number of hydrogen-bond donors (Lipinski definition) is 1. The van der Waals surface area contributed by atoms with Gasteiger partial charge in [-0.25, -0.2) is 14.2 Å². The zero-order valence-corrected chi connectivity index (χ0v) is 15.8. The Labute approximate surface area is 157 Å². The van der Waals surface area contributed by atoms with E-state index < -0.39 is 0 Å². The number of halogens is 1. The summed E-state index contributed by atoms with van der Waals surface area (Å²) in [6.45, 7) is 3.38. The lowest BCUT2D eigenvalue weighted by molar-refractivity contribution is 0.178. The second-order valence-corrected chi connectivity index (χ2v) is 8.50. The van der Waals surface area contributed by atoms with E-state index in [1.54, 1.807) is 11.3 Å². The highest BCUT2D eigenvalue weighted by molar-refractivity contribution is 7.09. The standard InChI is InChI=1S/C20H24FN3OS/c1-14-23-17(12-26-14)18-4-2-11-24(18)19(25)22-13-20(9-3-10-20)15-5-7-16(21)8-6-15/h5-8,12,18H,2-4,9-11,13H2,1H3,(H,22,25). The Morgan fingerprint density at radius 1 is 1.35 bits per heavy atom. The monoisotopic (exact) mass is 373 g/mol. The Morgan fingerprint density at radius 3 is 2.73 bits per heavy atom. The maximum absolute atomic E-state index is 13.2. The number of hydrogen-bond acceptors (Lipinski definition) is 3. The van der Waals surface area contributed by atoms with Crippen LogP contribution in [-0.4, -0.2) is 29.0 Å². The molecule has 0 bridgehead atoms. The van der Waals surface area contributed by atoms with Gasteiger partial charge in [0, 0.05) is 23.9 Å². The molecule has 2 aromatic rings. The minimum absolute atomic E-state index is 0.00783. The third-order valence-electron chi connectivity index (χ3n) is 5.84. The lowest BCUT2D eigenvalue weighted by Gasteiger charge is -2.43. The van der Waals surface area contributed by atoms with Crippen LogP contribution in [0.5, 0.6) is 0 Å². The smallest absolute Gasteiger partial charge is 0.317 e. The second kappa shape index (κ2) is 6.99. The molecule has 1 aliphatic carbocycles. The predicted octanol–water partition coefficient (Wildman–Crippen LogP) is 4.56. The van der Waals surface area contributed by atoms with E-state index in [4.69, 9.17) is 0 Å². The van der Waals surface area contributed by atoms with Crippen molar-refractivity contribution in [3.8, 4) is 0 Å². The molecule has 1 atom stereocenters. The number of thiazole rings is 1. The molecule has 0 radical (unpaired) electrons. The van der Waals surface area contributed by atoms with Gasteiger partial charge >= 0.3 is 6.03 Å². The van der Waals surface area contributed by atoms with Gasteiger partial charge in [0.2, 0.25) is 0 Å². The maximum atomic E-state index is 13.2. The van der Waals surface area contributed by atoms with E-state index in [1.165, 1.54) is 12.1 Å². The molecular weight excluding hydrogens is 349 g/mol. The molecule has 1 saturated carbocycles. The van der Waals surface area contributed by atoms with Gasteiger partial charge in [0.25, 0.3) is 0 Å². The van der Waals surface area contributed by atoms with Crippen LogP contribution in [0.2, 0.25) is 0 Å². The van der Waals surface area contributed by atoms with E-state index in [2.05, 4.69) is 15.7 Å². The van der Waals surface area contributed by atoms with Crippen molar-refractivity contribution in [1.82, 2.24) is 15.2 Å². The molecule has 2 aliphatic rings. The zero-order chi connectivity index (χ0) is 18.1.